The standard InChI is InChI=1S/C10H17F2N/c1-7-5-8(6-7)13-9-3-2-4-10(9,11)12/h7-9,13H,2-6H2,1H3. The van der Waals surface area contributed by atoms with Gasteiger partial charge in [-0.1, -0.05) is 6.92 Å². The van der Waals surface area contributed by atoms with Gasteiger partial charge in [0.1, 0.15) is 0 Å². The van der Waals surface area contributed by atoms with Crippen LogP contribution in [0.15, 0.2) is 0 Å². The normalized spacial score (nSPS) is 43.2. The van der Waals surface area contributed by atoms with Crippen molar-refractivity contribution in [3.05, 3.63) is 0 Å². The third-order valence-corrected chi connectivity index (χ3v) is 3.32. The fraction of sp³-hybridized carbons (Fsp3) is 1.00. The average molecular weight is 189 g/mol. The predicted molar refractivity (Wildman–Crippen MR) is 47.9 cm³/mol. The number of rotatable bonds is 2. The summed E-state index contributed by atoms with van der Waals surface area (Å²) >= 11 is 0. The summed E-state index contributed by atoms with van der Waals surface area (Å²) in [4.78, 5) is 0. The molecule has 0 aromatic heterocycles. The number of nitrogens with one attached hydrogen (secondary N) is 1. The molecule has 2 saturated carbocycles. The lowest BCUT2D eigenvalue weighted by molar-refractivity contribution is -0.0262. The van der Waals surface area contributed by atoms with Crippen LogP contribution in [0.5, 0.6) is 0 Å². The van der Waals surface area contributed by atoms with Gasteiger partial charge in [-0.25, -0.2) is 8.78 Å². The maximum atomic E-state index is 13.2. The van der Waals surface area contributed by atoms with Crippen molar-refractivity contribution < 1.29 is 8.78 Å². The Kier molecular flexibility index (Phi) is 2.30. The van der Waals surface area contributed by atoms with Crippen molar-refractivity contribution >= 4 is 0 Å². The smallest absolute Gasteiger partial charge is 0.263 e. The zero-order chi connectivity index (χ0) is 9.47. The number of alkyl halides is 2. The Morgan fingerprint density at radius 1 is 1.31 bits per heavy atom. The summed E-state index contributed by atoms with van der Waals surface area (Å²) in [6.07, 6.45) is 3.55. The summed E-state index contributed by atoms with van der Waals surface area (Å²) in [5, 5.41) is 3.09. The van der Waals surface area contributed by atoms with E-state index in [2.05, 4.69) is 12.2 Å². The largest absolute Gasteiger partial charge is 0.306 e. The van der Waals surface area contributed by atoms with Crippen LogP contribution in [0.1, 0.15) is 39.0 Å². The average Bonchev–Trinajstić information content (AvgIpc) is 2.28. The lowest BCUT2D eigenvalue weighted by Gasteiger charge is -2.37. The molecular formula is C10H17F2N. The molecule has 0 aromatic carbocycles. The van der Waals surface area contributed by atoms with Gasteiger partial charge in [0, 0.05) is 12.5 Å². The molecule has 2 fully saturated rings. The maximum Gasteiger partial charge on any atom is 0.263 e. The lowest BCUT2D eigenvalue weighted by atomic mass is 9.81. The van der Waals surface area contributed by atoms with E-state index in [4.69, 9.17) is 0 Å². The van der Waals surface area contributed by atoms with Gasteiger partial charge >= 0.3 is 0 Å². The Morgan fingerprint density at radius 3 is 2.46 bits per heavy atom. The molecule has 0 aromatic rings. The highest BCUT2D eigenvalue weighted by molar-refractivity contribution is 4.94. The van der Waals surface area contributed by atoms with Crippen molar-refractivity contribution in [2.45, 2.75) is 57.0 Å². The molecule has 0 radical (unpaired) electrons. The molecule has 1 atom stereocenters. The van der Waals surface area contributed by atoms with E-state index in [0.717, 1.165) is 18.8 Å². The molecule has 3 heteroatoms. The summed E-state index contributed by atoms with van der Waals surface area (Å²) in [6, 6.07) is -0.172. The summed E-state index contributed by atoms with van der Waals surface area (Å²) in [6.45, 7) is 2.17. The third kappa shape index (κ3) is 1.85. The minimum atomic E-state index is -2.45. The first-order chi connectivity index (χ1) is 6.08. The van der Waals surface area contributed by atoms with E-state index in [1.807, 2.05) is 0 Å². The summed E-state index contributed by atoms with van der Waals surface area (Å²) in [5.74, 6) is -1.72. The van der Waals surface area contributed by atoms with E-state index < -0.39 is 12.0 Å². The number of hydrogen-bond donors (Lipinski definition) is 1. The van der Waals surface area contributed by atoms with Crippen LogP contribution in [-0.2, 0) is 0 Å². The van der Waals surface area contributed by atoms with Crippen LogP contribution in [0.3, 0.4) is 0 Å². The van der Waals surface area contributed by atoms with Crippen LogP contribution in [0, 0.1) is 5.92 Å². The van der Waals surface area contributed by atoms with Gasteiger partial charge in [0.2, 0.25) is 0 Å². The Balaban J connectivity index is 1.81. The molecule has 1 N–H and O–H groups in total. The molecule has 0 heterocycles. The lowest BCUT2D eigenvalue weighted by Crippen LogP contribution is -2.50. The topological polar surface area (TPSA) is 12.0 Å². The first-order valence-electron chi connectivity index (χ1n) is 5.22. The van der Waals surface area contributed by atoms with E-state index in [0.29, 0.717) is 18.9 Å². The van der Waals surface area contributed by atoms with Gasteiger partial charge in [-0.3, -0.25) is 0 Å². The van der Waals surface area contributed by atoms with Gasteiger partial charge in [0.25, 0.3) is 5.92 Å². The van der Waals surface area contributed by atoms with Crippen molar-refractivity contribution in [1.82, 2.24) is 5.32 Å². The van der Waals surface area contributed by atoms with Crippen LogP contribution < -0.4 is 5.32 Å². The molecule has 0 saturated heterocycles. The van der Waals surface area contributed by atoms with Crippen LogP contribution in [0.4, 0.5) is 8.78 Å². The Hall–Kier alpha value is -0.180. The van der Waals surface area contributed by atoms with E-state index in [1.165, 1.54) is 0 Å². The third-order valence-electron chi connectivity index (χ3n) is 3.32. The highest BCUT2D eigenvalue weighted by Gasteiger charge is 2.45. The summed E-state index contributed by atoms with van der Waals surface area (Å²) < 4.78 is 26.3. The zero-order valence-corrected chi connectivity index (χ0v) is 8.02. The highest BCUT2D eigenvalue weighted by Crippen LogP contribution is 2.37. The molecule has 2 aliphatic carbocycles. The minimum absolute atomic E-state index is 0.0763. The Bertz CT molecular complexity index is 187. The SMILES string of the molecule is CC1CC(NC2CCCC2(F)F)C1. The predicted octanol–water partition coefficient (Wildman–Crippen LogP) is 2.56. The molecule has 13 heavy (non-hydrogen) atoms. The van der Waals surface area contributed by atoms with Gasteiger partial charge in [-0.2, -0.15) is 0 Å². The second-order valence-corrected chi connectivity index (χ2v) is 4.65. The van der Waals surface area contributed by atoms with Crippen molar-refractivity contribution in [2.24, 2.45) is 5.92 Å². The number of hydrogen-bond acceptors (Lipinski definition) is 1. The minimum Gasteiger partial charge on any atom is -0.306 e. The van der Waals surface area contributed by atoms with Crippen LogP contribution in [-0.4, -0.2) is 18.0 Å². The van der Waals surface area contributed by atoms with Gasteiger partial charge in [-0.15, -0.1) is 0 Å². The van der Waals surface area contributed by atoms with Crippen molar-refractivity contribution in [1.29, 1.82) is 0 Å². The summed E-state index contributed by atoms with van der Waals surface area (Å²) in [5.41, 5.74) is 0. The number of halogens is 2. The molecule has 0 bridgehead atoms. The van der Waals surface area contributed by atoms with E-state index in [9.17, 15) is 8.78 Å². The Labute approximate surface area is 77.9 Å². The van der Waals surface area contributed by atoms with Gasteiger partial charge < -0.3 is 5.32 Å². The molecule has 1 nitrogen and oxygen atoms in total. The molecule has 1 unspecified atom stereocenters. The molecule has 0 amide bonds. The van der Waals surface area contributed by atoms with Crippen molar-refractivity contribution in [3.8, 4) is 0 Å². The van der Waals surface area contributed by atoms with Gasteiger partial charge in [0.15, 0.2) is 0 Å². The maximum absolute atomic E-state index is 13.2. The van der Waals surface area contributed by atoms with E-state index in [-0.39, 0.29) is 6.42 Å². The van der Waals surface area contributed by atoms with E-state index >= 15 is 0 Å². The Morgan fingerprint density at radius 2 is 2.00 bits per heavy atom. The van der Waals surface area contributed by atoms with Crippen LogP contribution in [0.2, 0.25) is 0 Å². The van der Waals surface area contributed by atoms with E-state index in [1.54, 1.807) is 0 Å². The molecule has 2 rings (SSSR count). The fourth-order valence-corrected chi connectivity index (χ4v) is 2.46. The first-order valence-corrected chi connectivity index (χ1v) is 5.22. The van der Waals surface area contributed by atoms with Crippen molar-refractivity contribution in [2.75, 3.05) is 0 Å². The molecule has 0 spiro atoms. The molecule has 0 aliphatic heterocycles. The molecule has 76 valence electrons. The van der Waals surface area contributed by atoms with Crippen LogP contribution >= 0.6 is 0 Å². The second-order valence-electron chi connectivity index (χ2n) is 4.65. The van der Waals surface area contributed by atoms with Gasteiger partial charge in [-0.05, 0) is 31.6 Å². The molecular weight excluding hydrogens is 172 g/mol. The van der Waals surface area contributed by atoms with Crippen molar-refractivity contribution in [3.63, 3.8) is 0 Å². The first kappa shape index (κ1) is 9.38. The van der Waals surface area contributed by atoms with Crippen LogP contribution in [0.25, 0.3) is 0 Å². The van der Waals surface area contributed by atoms with Gasteiger partial charge in [0.05, 0.1) is 6.04 Å². The monoisotopic (exact) mass is 189 g/mol. The summed E-state index contributed by atoms with van der Waals surface area (Å²) in [7, 11) is 0. The highest BCUT2D eigenvalue weighted by atomic mass is 19.3. The zero-order valence-electron chi connectivity index (χ0n) is 8.02. The molecule has 2 aliphatic rings. The second kappa shape index (κ2) is 3.19. The quantitative estimate of drug-likeness (QED) is 0.704. The fourth-order valence-electron chi connectivity index (χ4n) is 2.46.